The molecule has 1 aliphatic heterocycles. The van der Waals surface area contributed by atoms with Gasteiger partial charge >= 0.3 is 0 Å². The van der Waals surface area contributed by atoms with Crippen LogP contribution in [0.25, 0.3) is 10.8 Å². The maximum absolute atomic E-state index is 12.7. The summed E-state index contributed by atoms with van der Waals surface area (Å²) < 4.78 is 0. The topological polar surface area (TPSA) is 45.2 Å². The van der Waals surface area contributed by atoms with E-state index >= 15 is 0 Å². The third kappa shape index (κ3) is 4.01. The maximum Gasteiger partial charge on any atom is 0.270 e. The van der Waals surface area contributed by atoms with Crippen molar-refractivity contribution in [1.29, 1.82) is 0 Å². The van der Waals surface area contributed by atoms with Crippen molar-refractivity contribution in [2.45, 2.75) is 39.7 Å². The Balaban J connectivity index is 1.70. The first kappa shape index (κ1) is 17.9. The van der Waals surface area contributed by atoms with E-state index in [2.05, 4.69) is 42.9 Å². The first-order valence-electron chi connectivity index (χ1n) is 9.24. The van der Waals surface area contributed by atoms with Crippen LogP contribution < -0.4 is 5.32 Å². The molecule has 25 heavy (non-hydrogen) atoms. The highest BCUT2D eigenvalue weighted by Crippen LogP contribution is 2.27. The van der Waals surface area contributed by atoms with Gasteiger partial charge in [0.15, 0.2) is 0 Å². The number of carbonyl (C=O) groups excluding carboxylic acids is 1. The molecule has 1 N–H and O–H groups in total. The summed E-state index contributed by atoms with van der Waals surface area (Å²) in [4.78, 5) is 19.6. The number of carbonyl (C=O) groups is 1. The molecule has 0 radical (unpaired) electrons. The van der Waals surface area contributed by atoms with E-state index in [0.717, 1.165) is 23.9 Å². The number of pyridine rings is 1. The zero-order chi connectivity index (χ0) is 18.0. The van der Waals surface area contributed by atoms with Crippen molar-refractivity contribution in [2.24, 2.45) is 11.8 Å². The maximum atomic E-state index is 12.7. The lowest BCUT2D eigenvalue weighted by Crippen LogP contribution is -2.56. The third-order valence-corrected chi connectivity index (χ3v) is 5.30. The Hall–Kier alpha value is -1.94. The van der Waals surface area contributed by atoms with Gasteiger partial charge in [0.25, 0.3) is 5.91 Å². The smallest absolute Gasteiger partial charge is 0.270 e. The minimum absolute atomic E-state index is 0.0663. The molecule has 0 saturated carbocycles. The van der Waals surface area contributed by atoms with Crippen LogP contribution >= 0.6 is 0 Å². The highest BCUT2D eigenvalue weighted by molar-refractivity contribution is 6.05. The van der Waals surface area contributed by atoms with Crippen LogP contribution in [0.1, 0.15) is 44.6 Å². The number of piperidine rings is 1. The number of amides is 1. The molecule has 1 amide bonds. The lowest BCUT2D eigenvalue weighted by molar-refractivity contribution is 0.0444. The molecule has 0 spiro atoms. The van der Waals surface area contributed by atoms with E-state index in [9.17, 15) is 4.79 Å². The highest BCUT2D eigenvalue weighted by atomic mass is 16.1. The summed E-state index contributed by atoms with van der Waals surface area (Å²) in [6, 6.07) is 9.82. The van der Waals surface area contributed by atoms with E-state index in [0.29, 0.717) is 24.1 Å². The van der Waals surface area contributed by atoms with Crippen LogP contribution in [0.5, 0.6) is 0 Å². The van der Waals surface area contributed by atoms with Gasteiger partial charge in [-0.3, -0.25) is 14.7 Å². The molecule has 2 heterocycles. The zero-order valence-corrected chi connectivity index (χ0v) is 15.7. The van der Waals surface area contributed by atoms with Gasteiger partial charge < -0.3 is 5.32 Å². The largest absolute Gasteiger partial charge is 0.349 e. The average molecular weight is 339 g/mol. The van der Waals surface area contributed by atoms with Gasteiger partial charge in [-0.15, -0.1) is 0 Å². The zero-order valence-electron chi connectivity index (χ0n) is 15.7. The predicted octanol–water partition coefficient (Wildman–Crippen LogP) is 3.72. The Kier molecular flexibility index (Phi) is 5.09. The van der Waals surface area contributed by atoms with Gasteiger partial charge in [0.05, 0.1) is 0 Å². The number of hydrogen-bond acceptors (Lipinski definition) is 3. The summed E-state index contributed by atoms with van der Waals surface area (Å²) in [5, 5.41) is 5.06. The van der Waals surface area contributed by atoms with Crippen molar-refractivity contribution in [3.8, 4) is 0 Å². The van der Waals surface area contributed by atoms with Crippen LogP contribution in [0.15, 0.2) is 36.5 Å². The fraction of sp³-hybridized carbons (Fsp3) is 0.524. The van der Waals surface area contributed by atoms with Gasteiger partial charge in [-0.25, -0.2) is 0 Å². The van der Waals surface area contributed by atoms with E-state index in [4.69, 9.17) is 0 Å². The first-order valence-corrected chi connectivity index (χ1v) is 9.24. The van der Waals surface area contributed by atoms with Gasteiger partial charge in [-0.1, -0.05) is 38.1 Å². The second-order valence-electron chi connectivity index (χ2n) is 8.23. The van der Waals surface area contributed by atoms with E-state index < -0.39 is 0 Å². The molecule has 3 rings (SSSR count). The van der Waals surface area contributed by atoms with E-state index in [1.54, 1.807) is 6.20 Å². The fourth-order valence-electron chi connectivity index (χ4n) is 3.95. The summed E-state index contributed by atoms with van der Waals surface area (Å²) in [7, 11) is 0. The Morgan fingerprint density at radius 3 is 2.60 bits per heavy atom. The van der Waals surface area contributed by atoms with Gasteiger partial charge in [-0.2, -0.15) is 0 Å². The minimum Gasteiger partial charge on any atom is -0.349 e. The molecule has 0 bridgehead atoms. The number of nitrogens with one attached hydrogen (secondary N) is 1. The molecule has 2 unspecified atom stereocenters. The Morgan fingerprint density at radius 2 is 1.88 bits per heavy atom. The quantitative estimate of drug-likeness (QED) is 0.923. The van der Waals surface area contributed by atoms with Gasteiger partial charge in [-0.05, 0) is 43.6 Å². The number of fused-ring (bicyclic) bond motifs is 1. The Morgan fingerprint density at radius 1 is 1.20 bits per heavy atom. The standard InChI is InChI=1S/C21H29N3O/c1-15-11-16(2)13-24(12-15)21(3,4)14-23-20(25)19-18-8-6-5-7-17(18)9-10-22-19/h5-10,15-16H,11-14H2,1-4H3,(H,23,25). The van der Waals surface area contributed by atoms with Crippen molar-refractivity contribution in [2.75, 3.05) is 19.6 Å². The number of hydrogen-bond donors (Lipinski definition) is 1. The molecule has 2 aromatic rings. The number of nitrogens with zero attached hydrogens (tertiary/aromatic N) is 2. The van der Waals surface area contributed by atoms with Crippen molar-refractivity contribution in [3.63, 3.8) is 0 Å². The number of rotatable bonds is 4. The summed E-state index contributed by atoms with van der Waals surface area (Å²) in [5.41, 5.74) is 0.442. The molecular weight excluding hydrogens is 310 g/mol. The Bertz CT molecular complexity index is 740. The van der Waals surface area contributed by atoms with E-state index in [-0.39, 0.29) is 11.4 Å². The van der Waals surface area contributed by atoms with E-state index in [1.807, 2.05) is 30.3 Å². The van der Waals surface area contributed by atoms with Gasteiger partial charge in [0, 0.05) is 36.8 Å². The fourth-order valence-corrected chi connectivity index (χ4v) is 3.95. The molecular formula is C21H29N3O. The number of benzene rings is 1. The average Bonchev–Trinajstić information content (AvgIpc) is 2.58. The summed E-state index contributed by atoms with van der Waals surface area (Å²) in [6.45, 7) is 11.9. The molecule has 1 aromatic heterocycles. The lowest BCUT2D eigenvalue weighted by atomic mass is 9.88. The monoisotopic (exact) mass is 339 g/mol. The normalized spacial score (nSPS) is 22.1. The van der Waals surface area contributed by atoms with Crippen LogP contribution in [-0.2, 0) is 0 Å². The van der Waals surface area contributed by atoms with Crippen LogP contribution in [0.3, 0.4) is 0 Å². The van der Waals surface area contributed by atoms with Crippen molar-refractivity contribution in [3.05, 3.63) is 42.2 Å². The molecule has 4 nitrogen and oxygen atoms in total. The number of likely N-dealkylation sites (tertiary alicyclic amines) is 1. The van der Waals surface area contributed by atoms with Crippen molar-refractivity contribution < 1.29 is 4.79 Å². The minimum atomic E-state index is -0.0945. The van der Waals surface area contributed by atoms with Crippen LogP contribution in [0.4, 0.5) is 0 Å². The van der Waals surface area contributed by atoms with Crippen molar-refractivity contribution in [1.82, 2.24) is 15.2 Å². The van der Waals surface area contributed by atoms with Crippen LogP contribution in [0.2, 0.25) is 0 Å². The second kappa shape index (κ2) is 7.12. The second-order valence-corrected chi connectivity index (χ2v) is 8.23. The molecule has 2 atom stereocenters. The summed E-state index contributed by atoms with van der Waals surface area (Å²) in [5.74, 6) is 1.32. The SMILES string of the molecule is CC1CC(C)CN(C(C)(C)CNC(=O)c2nccc3ccccc23)C1. The molecule has 1 aromatic carbocycles. The molecule has 4 heteroatoms. The molecule has 1 saturated heterocycles. The summed E-state index contributed by atoms with van der Waals surface area (Å²) in [6.07, 6.45) is 3.00. The third-order valence-electron chi connectivity index (χ3n) is 5.30. The first-order chi connectivity index (χ1) is 11.9. The summed E-state index contributed by atoms with van der Waals surface area (Å²) >= 11 is 0. The molecule has 134 valence electrons. The predicted molar refractivity (Wildman–Crippen MR) is 103 cm³/mol. The van der Waals surface area contributed by atoms with E-state index in [1.165, 1.54) is 6.42 Å². The van der Waals surface area contributed by atoms with Gasteiger partial charge in [0.2, 0.25) is 0 Å². The van der Waals surface area contributed by atoms with Crippen molar-refractivity contribution >= 4 is 16.7 Å². The van der Waals surface area contributed by atoms with Crippen LogP contribution in [-0.4, -0.2) is 41.0 Å². The highest BCUT2D eigenvalue weighted by Gasteiger charge is 2.33. The number of aromatic nitrogens is 1. The molecule has 0 aliphatic carbocycles. The lowest BCUT2D eigenvalue weighted by Gasteiger charge is -2.45. The Labute approximate surface area is 150 Å². The van der Waals surface area contributed by atoms with Gasteiger partial charge in [0.1, 0.15) is 5.69 Å². The molecule has 1 aliphatic rings. The van der Waals surface area contributed by atoms with Crippen LogP contribution in [0, 0.1) is 11.8 Å². The molecule has 1 fully saturated rings.